The minimum atomic E-state index is -0.511. The summed E-state index contributed by atoms with van der Waals surface area (Å²) in [6, 6.07) is 19.5. The Labute approximate surface area is 158 Å². The molecule has 0 N–H and O–H groups in total. The zero-order valence-corrected chi connectivity index (χ0v) is 15.1. The molecule has 4 aromatic rings. The molecule has 0 fully saturated rings. The summed E-state index contributed by atoms with van der Waals surface area (Å²) in [5, 5.41) is 0. The highest BCUT2D eigenvalue weighted by atomic mass is 32.1. The first-order chi connectivity index (χ1) is 13.1. The lowest BCUT2D eigenvalue weighted by molar-refractivity contribution is 0.0734. The number of carbonyl (C=O) groups is 1. The van der Waals surface area contributed by atoms with Gasteiger partial charge in [-0.1, -0.05) is 47.7 Å². The van der Waals surface area contributed by atoms with E-state index in [1.54, 1.807) is 36.4 Å². The van der Waals surface area contributed by atoms with Crippen LogP contribution in [-0.2, 0) is 0 Å². The van der Waals surface area contributed by atoms with Crippen LogP contribution in [0.4, 0.5) is 0 Å². The van der Waals surface area contributed by atoms with Crippen molar-refractivity contribution < 1.29 is 18.7 Å². The second-order valence-corrected chi connectivity index (χ2v) is 6.72. The van der Waals surface area contributed by atoms with Gasteiger partial charge < -0.3 is 13.9 Å². The maximum Gasteiger partial charge on any atom is 0.396 e. The lowest BCUT2D eigenvalue weighted by Gasteiger charge is -2.08. The number of carbonyl (C=O) groups excluding carboxylic acids is 1. The average molecular weight is 378 g/mol. The van der Waals surface area contributed by atoms with Crippen molar-refractivity contribution in [3.05, 3.63) is 82.0 Å². The molecule has 27 heavy (non-hydrogen) atoms. The summed E-state index contributed by atoms with van der Waals surface area (Å²) in [4.78, 5) is 23.8. The fourth-order valence-corrected chi connectivity index (χ4v) is 3.48. The SMILES string of the molecule is COc1cccc(C(=O)Oc2cc(-c3ccccc3)c3oc(=O)sc3c2)c1. The van der Waals surface area contributed by atoms with Crippen LogP contribution in [0.1, 0.15) is 10.4 Å². The van der Waals surface area contributed by atoms with Gasteiger partial charge in [0.25, 0.3) is 0 Å². The van der Waals surface area contributed by atoms with Crippen LogP contribution in [0.5, 0.6) is 11.5 Å². The molecule has 1 heterocycles. The number of hydrogen-bond donors (Lipinski definition) is 0. The van der Waals surface area contributed by atoms with E-state index in [0.29, 0.717) is 32.9 Å². The monoisotopic (exact) mass is 378 g/mol. The molecule has 1 aromatic heterocycles. The fraction of sp³-hybridized carbons (Fsp3) is 0.0476. The topological polar surface area (TPSA) is 65.7 Å². The van der Waals surface area contributed by atoms with E-state index in [1.165, 1.54) is 7.11 Å². The van der Waals surface area contributed by atoms with E-state index in [2.05, 4.69) is 0 Å². The van der Waals surface area contributed by atoms with E-state index in [0.717, 1.165) is 16.9 Å². The first kappa shape index (κ1) is 17.1. The van der Waals surface area contributed by atoms with Crippen LogP contribution in [0.3, 0.4) is 0 Å². The third kappa shape index (κ3) is 3.47. The highest BCUT2D eigenvalue weighted by molar-refractivity contribution is 7.16. The molecule has 0 atom stereocenters. The Bertz CT molecular complexity index is 1170. The molecule has 0 bridgehead atoms. The first-order valence-corrected chi connectivity index (χ1v) is 8.95. The van der Waals surface area contributed by atoms with E-state index in [1.807, 2.05) is 30.3 Å². The largest absolute Gasteiger partial charge is 0.497 e. The van der Waals surface area contributed by atoms with Gasteiger partial charge in [0, 0.05) is 11.6 Å². The molecule has 0 spiro atoms. The Kier molecular flexibility index (Phi) is 4.48. The number of esters is 1. The van der Waals surface area contributed by atoms with Gasteiger partial charge in [0.05, 0.1) is 17.4 Å². The standard InChI is InChI=1S/C21H14O5S/c1-24-15-9-5-8-14(10-15)20(22)25-16-11-17(13-6-3-2-4-7-13)19-18(12-16)27-21(23)26-19/h2-12H,1H3. The van der Waals surface area contributed by atoms with Gasteiger partial charge in [-0.2, -0.15) is 0 Å². The quantitative estimate of drug-likeness (QED) is 0.379. The zero-order valence-electron chi connectivity index (χ0n) is 14.3. The van der Waals surface area contributed by atoms with Gasteiger partial charge in [-0.3, -0.25) is 0 Å². The normalized spacial score (nSPS) is 10.7. The van der Waals surface area contributed by atoms with Crippen molar-refractivity contribution in [2.75, 3.05) is 7.11 Å². The number of ether oxygens (including phenoxy) is 2. The summed E-state index contributed by atoms with van der Waals surface area (Å²) in [5.74, 6) is 0.396. The van der Waals surface area contributed by atoms with Gasteiger partial charge in [0.15, 0.2) is 5.58 Å². The predicted molar refractivity (Wildman–Crippen MR) is 104 cm³/mol. The Morgan fingerprint density at radius 1 is 0.963 bits per heavy atom. The predicted octanol–water partition coefficient (Wildman–Crippen LogP) is 4.75. The Morgan fingerprint density at radius 3 is 2.56 bits per heavy atom. The van der Waals surface area contributed by atoms with Crippen LogP contribution in [-0.4, -0.2) is 13.1 Å². The number of hydrogen-bond acceptors (Lipinski definition) is 6. The molecule has 0 unspecified atom stereocenters. The summed E-state index contributed by atoms with van der Waals surface area (Å²) in [6.45, 7) is 0. The summed E-state index contributed by atoms with van der Waals surface area (Å²) >= 11 is 0.971. The second-order valence-electron chi connectivity index (χ2n) is 5.74. The van der Waals surface area contributed by atoms with Crippen molar-refractivity contribution in [1.29, 1.82) is 0 Å². The zero-order chi connectivity index (χ0) is 18.8. The molecule has 0 saturated heterocycles. The van der Waals surface area contributed by atoms with Gasteiger partial charge in [-0.25, -0.2) is 9.59 Å². The fourth-order valence-electron chi connectivity index (χ4n) is 2.76. The van der Waals surface area contributed by atoms with Crippen LogP contribution in [0.2, 0.25) is 0 Å². The van der Waals surface area contributed by atoms with E-state index in [9.17, 15) is 9.59 Å². The highest BCUT2D eigenvalue weighted by Gasteiger charge is 2.16. The Balaban J connectivity index is 1.76. The lowest BCUT2D eigenvalue weighted by Crippen LogP contribution is -2.08. The Hall–Kier alpha value is -3.38. The molecule has 0 saturated carbocycles. The average Bonchev–Trinajstić information content (AvgIpc) is 3.08. The van der Waals surface area contributed by atoms with Gasteiger partial charge in [-0.05, 0) is 29.8 Å². The number of fused-ring (bicyclic) bond motifs is 1. The van der Waals surface area contributed by atoms with Crippen LogP contribution in [0.25, 0.3) is 21.4 Å². The van der Waals surface area contributed by atoms with Crippen molar-refractivity contribution >= 4 is 27.6 Å². The van der Waals surface area contributed by atoms with E-state index < -0.39 is 10.9 Å². The summed E-state index contributed by atoms with van der Waals surface area (Å²) in [7, 11) is 1.53. The summed E-state index contributed by atoms with van der Waals surface area (Å²) < 4.78 is 16.6. The molecule has 0 aliphatic heterocycles. The van der Waals surface area contributed by atoms with Crippen molar-refractivity contribution in [2.45, 2.75) is 0 Å². The minimum Gasteiger partial charge on any atom is -0.497 e. The van der Waals surface area contributed by atoms with Crippen molar-refractivity contribution in [2.24, 2.45) is 0 Å². The smallest absolute Gasteiger partial charge is 0.396 e. The number of benzene rings is 3. The molecule has 134 valence electrons. The molecule has 0 amide bonds. The van der Waals surface area contributed by atoms with Crippen molar-refractivity contribution in [3.63, 3.8) is 0 Å². The maximum atomic E-state index is 12.5. The molecule has 0 aliphatic rings. The van der Waals surface area contributed by atoms with Gasteiger partial charge in [-0.15, -0.1) is 0 Å². The molecular formula is C21H14O5S. The molecule has 3 aromatic carbocycles. The third-order valence-corrected chi connectivity index (χ3v) is 4.78. The van der Waals surface area contributed by atoms with Gasteiger partial charge in [0.1, 0.15) is 11.5 Å². The van der Waals surface area contributed by atoms with Gasteiger partial charge >= 0.3 is 10.9 Å². The Morgan fingerprint density at radius 2 is 1.78 bits per heavy atom. The second kappa shape index (κ2) is 7.09. The van der Waals surface area contributed by atoms with Crippen molar-refractivity contribution in [3.8, 4) is 22.6 Å². The highest BCUT2D eigenvalue weighted by Crippen LogP contribution is 2.34. The van der Waals surface area contributed by atoms with Crippen LogP contribution < -0.4 is 14.4 Å². The summed E-state index contributed by atoms with van der Waals surface area (Å²) in [5.41, 5.74) is 2.41. The third-order valence-electron chi connectivity index (χ3n) is 4.01. The molecule has 6 heteroatoms. The van der Waals surface area contributed by atoms with Crippen LogP contribution in [0, 0.1) is 0 Å². The number of methoxy groups -OCH3 is 1. The molecule has 4 rings (SSSR count). The van der Waals surface area contributed by atoms with Crippen LogP contribution >= 0.6 is 11.3 Å². The molecular weight excluding hydrogens is 364 g/mol. The molecule has 0 aliphatic carbocycles. The van der Waals surface area contributed by atoms with Crippen molar-refractivity contribution in [1.82, 2.24) is 0 Å². The lowest BCUT2D eigenvalue weighted by atomic mass is 10.0. The number of rotatable bonds is 4. The van der Waals surface area contributed by atoms with E-state index in [4.69, 9.17) is 13.9 Å². The minimum absolute atomic E-state index is 0.339. The molecule has 0 radical (unpaired) electrons. The maximum absolute atomic E-state index is 12.5. The molecule has 5 nitrogen and oxygen atoms in total. The van der Waals surface area contributed by atoms with E-state index >= 15 is 0 Å². The van der Waals surface area contributed by atoms with Gasteiger partial charge in [0.2, 0.25) is 0 Å². The first-order valence-electron chi connectivity index (χ1n) is 8.13. The van der Waals surface area contributed by atoms with E-state index in [-0.39, 0.29) is 0 Å². The summed E-state index contributed by atoms with van der Waals surface area (Å²) in [6.07, 6.45) is 0. The van der Waals surface area contributed by atoms with Crippen LogP contribution in [0.15, 0.2) is 75.9 Å².